The van der Waals surface area contributed by atoms with E-state index in [-0.39, 0.29) is 0 Å². The number of Topliss-reactive ketones (excluding diaryl/α,β-unsaturated/α-hetero) is 1. The average molecular weight is 172 g/mol. The summed E-state index contributed by atoms with van der Waals surface area (Å²) in [5.41, 5.74) is 0. The lowest BCUT2D eigenvalue weighted by Crippen LogP contribution is -1.96. The zero-order valence-electron chi connectivity index (χ0n) is 8.27. The third kappa shape index (κ3) is 7.73. The van der Waals surface area contributed by atoms with E-state index in [1.807, 2.05) is 13.8 Å². The van der Waals surface area contributed by atoms with Gasteiger partial charge in [0.05, 0.1) is 0 Å². The Morgan fingerprint density at radius 1 is 1.17 bits per heavy atom. The van der Waals surface area contributed by atoms with Crippen LogP contribution in [0.25, 0.3) is 0 Å². The van der Waals surface area contributed by atoms with Gasteiger partial charge in [-0.25, -0.2) is 0 Å². The topological polar surface area (TPSA) is 26.3 Å². The van der Waals surface area contributed by atoms with Crippen molar-refractivity contribution < 1.29 is 9.53 Å². The molecular formula is C10H20O2. The Morgan fingerprint density at radius 3 is 2.50 bits per heavy atom. The molecule has 0 heterocycles. The maximum absolute atomic E-state index is 10.9. The fraction of sp³-hybridized carbons (Fsp3) is 0.900. The summed E-state index contributed by atoms with van der Waals surface area (Å²) in [5, 5.41) is 0. The summed E-state index contributed by atoms with van der Waals surface area (Å²) in [6, 6.07) is 0. The first-order chi connectivity index (χ1) is 5.81. The van der Waals surface area contributed by atoms with E-state index in [2.05, 4.69) is 0 Å². The number of unbranched alkanes of at least 4 members (excludes halogenated alkanes) is 2. The van der Waals surface area contributed by atoms with Crippen LogP contribution in [-0.4, -0.2) is 19.0 Å². The first kappa shape index (κ1) is 11.6. The summed E-state index contributed by atoms with van der Waals surface area (Å²) >= 11 is 0. The van der Waals surface area contributed by atoms with Gasteiger partial charge in [-0.05, 0) is 19.8 Å². The first-order valence-corrected chi connectivity index (χ1v) is 4.90. The maximum atomic E-state index is 10.9. The van der Waals surface area contributed by atoms with E-state index in [4.69, 9.17) is 4.74 Å². The molecule has 0 amide bonds. The van der Waals surface area contributed by atoms with Crippen molar-refractivity contribution >= 4 is 5.78 Å². The standard InChI is InChI=1S/C10H20O2/c1-3-10(11)8-6-5-7-9-12-4-2/h3-9H2,1-2H3. The van der Waals surface area contributed by atoms with Gasteiger partial charge in [-0.3, -0.25) is 4.79 Å². The third-order valence-corrected chi connectivity index (χ3v) is 1.84. The molecule has 0 rings (SSSR count). The van der Waals surface area contributed by atoms with E-state index in [9.17, 15) is 4.79 Å². The zero-order chi connectivity index (χ0) is 9.23. The summed E-state index contributed by atoms with van der Waals surface area (Å²) < 4.78 is 5.18. The summed E-state index contributed by atoms with van der Waals surface area (Å²) in [6.07, 6.45) is 4.67. The monoisotopic (exact) mass is 172 g/mol. The Bertz CT molecular complexity index is 110. The minimum absolute atomic E-state index is 0.381. The number of rotatable bonds is 8. The lowest BCUT2D eigenvalue weighted by Gasteiger charge is -2.00. The van der Waals surface area contributed by atoms with Gasteiger partial charge >= 0.3 is 0 Å². The Kier molecular flexibility index (Phi) is 8.46. The van der Waals surface area contributed by atoms with Crippen molar-refractivity contribution in [3.63, 3.8) is 0 Å². The molecule has 0 N–H and O–H groups in total. The largest absolute Gasteiger partial charge is 0.382 e. The maximum Gasteiger partial charge on any atom is 0.132 e. The van der Waals surface area contributed by atoms with E-state index in [1.54, 1.807) is 0 Å². The molecule has 2 heteroatoms. The van der Waals surface area contributed by atoms with Gasteiger partial charge in [0.2, 0.25) is 0 Å². The van der Waals surface area contributed by atoms with Crippen LogP contribution in [0.5, 0.6) is 0 Å². The molecule has 0 aliphatic carbocycles. The quantitative estimate of drug-likeness (QED) is 0.526. The SMILES string of the molecule is CCOCCCCCC(=O)CC. The molecule has 0 saturated carbocycles. The molecule has 0 unspecified atom stereocenters. The normalized spacial score (nSPS) is 10.2. The van der Waals surface area contributed by atoms with E-state index < -0.39 is 0 Å². The van der Waals surface area contributed by atoms with Crippen molar-refractivity contribution in [2.45, 2.75) is 46.0 Å². The number of carbonyl (C=O) groups excluding carboxylic acids is 1. The minimum Gasteiger partial charge on any atom is -0.382 e. The van der Waals surface area contributed by atoms with Gasteiger partial charge in [0.1, 0.15) is 5.78 Å². The van der Waals surface area contributed by atoms with Gasteiger partial charge in [0.25, 0.3) is 0 Å². The molecule has 0 aromatic heterocycles. The molecule has 0 atom stereocenters. The van der Waals surface area contributed by atoms with Gasteiger partial charge in [-0.15, -0.1) is 0 Å². The van der Waals surface area contributed by atoms with Crippen LogP contribution in [0.4, 0.5) is 0 Å². The van der Waals surface area contributed by atoms with Gasteiger partial charge in [-0.2, -0.15) is 0 Å². The first-order valence-electron chi connectivity index (χ1n) is 4.90. The van der Waals surface area contributed by atoms with Crippen LogP contribution in [-0.2, 0) is 9.53 Å². The number of ether oxygens (including phenoxy) is 1. The van der Waals surface area contributed by atoms with Crippen LogP contribution in [0.1, 0.15) is 46.0 Å². The predicted octanol–water partition coefficient (Wildman–Crippen LogP) is 2.56. The molecule has 0 aliphatic rings. The molecule has 0 saturated heterocycles. The lowest BCUT2D eigenvalue weighted by atomic mass is 10.1. The van der Waals surface area contributed by atoms with Crippen LogP contribution in [0, 0.1) is 0 Å². The fourth-order valence-electron chi connectivity index (χ4n) is 1.02. The third-order valence-electron chi connectivity index (χ3n) is 1.84. The Hall–Kier alpha value is -0.370. The van der Waals surface area contributed by atoms with E-state index in [0.717, 1.165) is 38.9 Å². The summed E-state index contributed by atoms with van der Waals surface area (Å²) in [7, 11) is 0. The van der Waals surface area contributed by atoms with Crippen molar-refractivity contribution in [1.29, 1.82) is 0 Å². The van der Waals surface area contributed by atoms with Gasteiger partial charge in [-0.1, -0.05) is 13.3 Å². The van der Waals surface area contributed by atoms with Crippen molar-refractivity contribution in [2.75, 3.05) is 13.2 Å². The molecule has 0 aromatic rings. The van der Waals surface area contributed by atoms with E-state index >= 15 is 0 Å². The molecule has 0 spiro atoms. The highest BCUT2D eigenvalue weighted by atomic mass is 16.5. The number of hydrogen-bond acceptors (Lipinski definition) is 2. The second kappa shape index (κ2) is 8.72. The molecule has 0 fully saturated rings. The van der Waals surface area contributed by atoms with E-state index in [0.29, 0.717) is 12.2 Å². The van der Waals surface area contributed by atoms with Crippen LogP contribution in [0.15, 0.2) is 0 Å². The number of ketones is 1. The Morgan fingerprint density at radius 2 is 1.92 bits per heavy atom. The van der Waals surface area contributed by atoms with Crippen LogP contribution in [0.2, 0.25) is 0 Å². The average Bonchev–Trinajstić information content (AvgIpc) is 2.10. The molecule has 12 heavy (non-hydrogen) atoms. The summed E-state index contributed by atoms with van der Waals surface area (Å²) in [5.74, 6) is 0.381. The molecule has 0 aromatic carbocycles. The van der Waals surface area contributed by atoms with Gasteiger partial charge in [0, 0.05) is 26.1 Å². The second-order valence-electron chi connectivity index (χ2n) is 2.90. The van der Waals surface area contributed by atoms with Crippen LogP contribution >= 0.6 is 0 Å². The minimum atomic E-state index is 0.381. The van der Waals surface area contributed by atoms with Crippen molar-refractivity contribution in [3.8, 4) is 0 Å². The highest BCUT2D eigenvalue weighted by molar-refractivity contribution is 5.77. The zero-order valence-corrected chi connectivity index (χ0v) is 8.27. The van der Waals surface area contributed by atoms with Gasteiger partial charge < -0.3 is 4.74 Å². The van der Waals surface area contributed by atoms with E-state index in [1.165, 1.54) is 0 Å². The molecular weight excluding hydrogens is 152 g/mol. The number of hydrogen-bond donors (Lipinski definition) is 0. The van der Waals surface area contributed by atoms with Crippen LogP contribution < -0.4 is 0 Å². The number of carbonyl (C=O) groups is 1. The molecule has 72 valence electrons. The molecule has 2 nitrogen and oxygen atoms in total. The fourth-order valence-corrected chi connectivity index (χ4v) is 1.02. The van der Waals surface area contributed by atoms with Crippen LogP contribution in [0.3, 0.4) is 0 Å². The highest BCUT2D eigenvalue weighted by Gasteiger charge is 1.96. The van der Waals surface area contributed by atoms with Crippen molar-refractivity contribution in [3.05, 3.63) is 0 Å². The lowest BCUT2D eigenvalue weighted by molar-refractivity contribution is -0.118. The predicted molar refractivity (Wildman–Crippen MR) is 50.3 cm³/mol. The molecule has 0 bridgehead atoms. The smallest absolute Gasteiger partial charge is 0.132 e. The molecule has 0 aliphatic heterocycles. The Balaban J connectivity index is 2.95. The Labute approximate surface area is 75.3 Å². The second-order valence-corrected chi connectivity index (χ2v) is 2.90. The highest BCUT2D eigenvalue weighted by Crippen LogP contribution is 2.02. The molecule has 0 radical (unpaired) electrons. The van der Waals surface area contributed by atoms with Crippen molar-refractivity contribution in [1.82, 2.24) is 0 Å². The van der Waals surface area contributed by atoms with Crippen molar-refractivity contribution in [2.24, 2.45) is 0 Å². The summed E-state index contributed by atoms with van der Waals surface area (Å²) in [6.45, 7) is 5.56. The van der Waals surface area contributed by atoms with Gasteiger partial charge in [0.15, 0.2) is 0 Å². The summed E-state index contributed by atoms with van der Waals surface area (Å²) in [4.78, 5) is 10.9.